The van der Waals surface area contributed by atoms with E-state index in [0.29, 0.717) is 13.0 Å². The molecule has 0 amide bonds. The molecule has 0 fully saturated rings. The number of carbonyl (C=O) groups is 1. The number of carbonyl (C=O) groups excluding carboxylic acids is 1. The van der Waals surface area contributed by atoms with Gasteiger partial charge in [0, 0.05) is 38.2 Å². The summed E-state index contributed by atoms with van der Waals surface area (Å²) in [4.78, 5) is 26.3. The van der Waals surface area contributed by atoms with Gasteiger partial charge in [-0.25, -0.2) is 0 Å². The Hall–Kier alpha value is -3.51. The van der Waals surface area contributed by atoms with Crippen LogP contribution < -0.4 is 5.56 Å². The van der Waals surface area contributed by atoms with Crippen LogP contribution in [-0.2, 0) is 26.4 Å². The first-order valence-corrected chi connectivity index (χ1v) is 11.8. The number of benzene rings is 2. The summed E-state index contributed by atoms with van der Waals surface area (Å²) < 4.78 is 3.46. The van der Waals surface area contributed by atoms with Gasteiger partial charge in [0.1, 0.15) is 0 Å². The minimum absolute atomic E-state index is 0.140. The number of hydrogen-bond donors (Lipinski definition) is 1. The molecule has 0 spiro atoms. The Labute approximate surface area is 199 Å². The van der Waals surface area contributed by atoms with Crippen molar-refractivity contribution < 1.29 is 9.90 Å². The Morgan fingerprint density at radius 2 is 1.85 bits per heavy atom. The maximum atomic E-state index is 13.3. The van der Waals surface area contributed by atoms with Crippen LogP contribution in [0.2, 0.25) is 0 Å². The van der Waals surface area contributed by atoms with Gasteiger partial charge in [-0.05, 0) is 73.1 Å². The Bertz CT molecular complexity index is 1400. The highest BCUT2D eigenvalue weighted by Gasteiger charge is 2.18. The standard InChI is InChI=1S/C28H31N3O3/c1-4-31-18-20(9-5-6-14-32)15-24(28(31)34)27(33)16-21-10-7-11-22(19(21)2)23-12-8-13-26-25(23)17-29-30(26)3/h7-8,10-13,15,17-18,32H,4-6,9,14,16H2,1-3H3. The molecule has 2 aromatic heterocycles. The van der Waals surface area contributed by atoms with Crippen molar-refractivity contribution in [2.45, 2.75) is 46.1 Å². The van der Waals surface area contributed by atoms with E-state index in [2.05, 4.69) is 17.2 Å². The lowest BCUT2D eigenvalue weighted by Gasteiger charge is -2.13. The molecule has 34 heavy (non-hydrogen) atoms. The third-order valence-corrected chi connectivity index (χ3v) is 6.54. The van der Waals surface area contributed by atoms with Gasteiger partial charge >= 0.3 is 0 Å². The average Bonchev–Trinajstić information content (AvgIpc) is 3.22. The molecule has 0 aliphatic carbocycles. The number of unbranched alkanes of at least 4 members (excludes halogenated alkanes) is 1. The molecular formula is C28H31N3O3. The number of hydrogen-bond acceptors (Lipinski definition) is 4. The van der Waals surface area contributed by atoms with E-state index in [4.69, 9.17) is 5.11 Å². The van der Waals surface area contributed by atoms with Gasteiger partial charge in [-0.2, -0.15) is 5.10 Å². The van der Waals surface area contributed by atoms with Crippen LogP contribution >= 0.6 is 0 Å². The Kier molecular flexibility index (Phi) is 7.08. The SMILES string of the molecule is CCn1cc(CCCCO)cc(C(=O)Cc2cccc(-c3cccc4c3cnn4C)c2C)c1=O. The molecule has 0 bridgehead atoms. The van der Waals surface area contributed by atoms with Gasteiger partial charge < -0.3 is 9.67 Å². The molecular weight excluding hydrogens is 426 g/mol. The van der Waals surface area contributed by atoms with Gasteiger partial charge in [0.25, 0.3) is 5.56 Å². The van der Waals surface area contributed by atoms with E-state index in [9.17, 15) is 9.59 Å². The second-order valence-corrected chi connectivity index (χ2v) is 8.73. The summed E-state index contributed by atoms with van der Waals surface area (Å²) in [6.07, 6.45) is 6.11. The van der Waals surface area contributed by atoms with Crippen LogP contribution in [0.3, 0.4) is 0 Å². The minimum Gasteiger partial charge on any atom is -0.396 e. The highest BCUT2D eigenvalue weighted by molar-refractivity contribution is 5.99. The monoisotopic (exact) mass is 457 g/mol. The molecule has 0 saturated heterocycles. The zero-order chi connectivity index (χ0) is 24.2. The highest BCUT2D eigenvalue weighted by atomic mass is 16.3. The quantitative estimate of drug-likeness (QED) is 0.297. The number of nitrogens with zero attached hydrogens (tertiary/aromatic N) is 3. The summed E-state index contributed by atoms with van der Waals surface area (Å²) in [7, 11) is 1.93. The maximum absolute atomic E-state index is 13.3. The van der Waals surface area contributed by atoms with Crippen LogP contribution in [0.4, 0.5) is 0 Å². The van der Waals surface area contributed by atoms with Crippen LogP contribution in [0.15, 0.2) is 59.7 Å². The summed E-state index contributed by atoms with van der Waals surface area (Å²) >= 11 is 0. The van der Waals surface area contributed by atoms with Crippen molar-refractivity contribution in [3.05, 3.63) is 87.5 Å². The Morgan fingerprint density at radius 3 is 2.62 bits per heavy atom. The van der Waals surface area contributed by atoms with Crippen LogP contribution in [0.5, 0.6) is 0 Å². The van der Waals surface area contributed by atoms with E-state index in [-0.39, 0.29) is 29.9 Å². The number of aryl methyl sites for hydroxylation is 3. The predicted molar refractivity (Wildman–Crippen MR) is 135 cm³/mol. The number of pyridine rings is 1. The molecule has 4 rings (SSSR count). The predicted octanol–water partition coefficient (Wildman–Crippen LogP) is 4.47. The smallest absolute Gasteiger partial charge is 0.261 e. The molecule has 4 aromatic rings. The second kappa shape index (κ2) is 10.2. The fourth-order valence-electron chi connectivity index (χ4n) is 4.56. The third kappa shape index (κ3) is 4.59. The molecule has 6 heteroatoms. The molecule has 2 aromatic carbocycles. The lowest BCUT2D eigenvalue weighted by atomic mass is 9.91. The number of Topliss-reactive ketones (excluding diaryl/α,β-unsaturated/α-hetero) is 1. The largest absolute Gasteiger partial charge is 0.396 e. The number of fused-ring (bicyclic) bond motifs is 1. The molecule has 176 valence electrons. The van der Waals surface area contributed by atoms with Gasteiger partial charge in [0.2, 0.25) is 0 Å². The van der Waals surface area contributed by atoms with Gasteiger partial charge in [0.15, 0.2) is 5.78 Å². The molecule has 0 radical (unpaired) electrons. The fraction of sp³-hybridized carbons (Fsp3) is 0.321. The number of rotatable bonds is 9. The second-order valence-electron chi connectivity index (χ2n) is 8.73. The van der Waals surface area contributed by atoms with Gasteiger partial charge in [0.05, 0.1) is 17.3 Å². The van der Waals surface area contributed by atoms with Crippen molar-refractivity contribution in [3.63, 3.8) is 0 Å². The van der Waals surface area contributed by atoms with E-state index >= 15 is 0 Å². The van der Waals surface area contributed by atoms with E-state index < -0.39 is 0 Å². The van der Waals surface area contributed by atoms with Gasteiger partial charge in [-0.15, -0.1) is 0 Å². The molecule has 0 aliphatic heterocycles. The first-order valence-electron chi connectivity index (χ1n) is 11.8. The summed E-state index contributed by atoms with van der Waals surface area (Å²) in [5.41, 5.74) is 6.08. The zero-order valence-corrected chi connectivity index (χ0v) is 20.0. The van der Waals surface area contributed by atoms with Gasteiger partial charge in [-0.3, -0.25) is 14.3 Å². The number of aliphatic hydroxyl groups excluding tert-OH is 1. The first-order chi connectivity index (χ1) is 16.4. The van der Waals surface area contributed by atoms with E-state index in [1.807, 2.05) is 62.2 Å². The van der Waals surface area contributed by atoms with Gasteiger partial charge in [-0.1, -0.05) is 30.3 Å². The van der Waals surface area contributed by atoms with Crippen LogP contribution in [0.25, 0.3) is 22.0 Å². The fourth-order valence-corrected chi connectivity index (χ4v) is 4.56. The summed E-state index contributed by atoms with van der Waals surface area (Å²) in [6, 6.07) is 13.9. The van der Waals surface area contributed by atoms with Crippen LogP contribution in [0, 0.1) is 6.92 Å². The first kappa shape index (κ1) is 23.6. The molecule has 0 atom stereocenters. The van der Waals surface area contributed by atoms with E-state index in [1.165, 1.54) is 0 Å². The average molecular weight is 458 g/mol. The Balaban J connectivity index is 1.68. The summed E-state index contributed by atoms with van der Waals surface area (Å²) in [6.45, 7) is 4.58. The number of ketones is 1. The summed E-state index contributed by atoms with van der Waals surface area (Å²) in [5, 5.41) is 14.5. The lowest BCUT2D eigenvalue weighted by Crippen LogP contribution is -2.27. The minimum atomic E-state index is -0.243. The number of aromatic nitrogens is 3. The Morgan fingerprint density at radius 1 is 1.09 bits per heavy atom. The summed E-state index contributed by atoms with van der Waals surface area (Å²) in [5.74, 6) is -0.170. The van der Waals surface area contributed by atoms with Crippen molar-refractivity contribution in [1.29, 1.82) is 0 Å². The normalized spacial score (nSPS) is 11.3. The van der Waals surface area contributed by atoms with Crippen molar-refractivity contribution in [1.82, 2.24) is 14.3 Å². The molecule has 0 unspecified atom stereocenters. The van der Waals surface area contributed by atoms with Crippen molar-refractivity contribution in [2.24, 2.45) is 7.05 Å². The third-order valence-electron chi connectivity index (χ3n) is 6.54. The maximum Gasteiger partial charge on any atom is 0.261 e. The molecule has 0 saturated carbocycles. The van der Waals surface area contributed by atoms with Crippen LogP contribution in [0.1, 0.15) is 46.8 Å². The van der Waals surface area contributed by atoms with Crippen molar-refractivity contribution in [3.8, 4) is 11.1 Å². The number of aliphatic hydroxyl groups is 1. The zero-order valence-electron chi connectivity index (χ0n) is 20.0. The topological polar surface area (TPSA) is 77.1 Å². The van der Waals surface area contributed by atoms with E-state index in [1.54, 1.807) is 10.6 Å². The van der Waals surface area contributed by atoms with Crippen molar-refractivity contribution >= 4 is 16.7 Å². The molecule has 6 nitrogen and oxygen atoms in total. The van der Waals surface area contributed by atoms with Crippen molar-refractivity contribution in [2.75, 3.05) is 6.61 Å². The van der Waals surface area contributed by atoms with E-state index in [0.717, 1.165) is 51.6 Å². The highest BCUT2D eigenvalue weighted by Crippen LogP contribution is 2.32. The molecule has 2 heterocycles. The lowest BCUT2D eigenvalue weighted by molar-refractivity contribution is 0.0990. The van der Waals surface area contributed by atoms with Crippen LogP contribution in [-0.4, -0.2) is 31.8 Å². The molecule has 0 aliphatic rings. The molecule has 1 N–H and O–H groups in total.